The first kappa shape index (κ1) is 18.2. The zero-order valence-electron chi connectivity index (χ0n) is 14.5. The molecular weight excluding hydrogens is 324 g/mol. The van der Waals surface area contributed by atoms with Gasteiger partial charge in [0, 0.05) is 32.5 Å². The molecule has 6 heteroatoms. The summed E-state index contributed by atoms with van der Waals surface area (Å²) in [7, 11) is 4.08. The fourth-order valence-corrected chi connectivity index (χ4v) is 2.51. The highest BCUT2D eigenvalue weighted by Crippen LogP contribution is 2.22. The molecular formula is C18H25ClN4O. The van der Waals surface area contributed by atoms with Crippen LogP contribution in [0.5, 0.6) is 5.75 Å². The number of aromatic nitrogens is 1. The molecule has 0 atom stereocenters. The summed E-state index contributed by atoms with van der Waals surface area (Å²) < 4.78 is 7.79. The van der Waals surface area contributed by atoms with Crippen LogP contribution in [0.2, 0.25) is 5.02 Å². The fourth-order valence-electron chi connectivity index (χ4n) is 2.32. The maximum absolute atomic E-state index is 6.08. The Morgan fingerprint density at radius 2 is 2.08 bits per heavy atom. The van der Waals surface area contributed by atoms with Gasteiger partial charge in [-0.1, -0.05) is 23.7 Å². The second kappa shape index (κ2) is 9.23. The molecule has 0 bridgehead atoms. The Balaban J connectivity index is 1.90. The Kier molecular flexibility index (Phi) is 7.00. The number of hydrogen-bond donors (Lipinski definition) is 1. The molecule has 0 saturated carbocycles. The van der Waals surface area contributed by atoms with Gasteiger partial charge in [0.25, 0.3) is 0 Å². The van der Waals surface area contributed by atoms with Crippen molar-refractivity contribution in [3.05, 3.63) is 53.3 Å². The van der Waals surface area contributed by atoms with Gasteiger partial charge >= 0.3 is 0 Å². The molecule has 0 aliphatic heterocycles. The Morgan fingerprint density at radius 3 is 2.75 bits per heavy atom. The molecule has 2 aromatic rings. The van der Waals surface area contributed by atoms with Crippen molar-refractivity contribution in [2.24, 2.45) is 12.0 Å². The molecule has 130 valence electrons. The number of hydrogen-bond acceptors (Lipinski definition) is 2. The first-order valence-electron chi connectivity index (χ1n) is 8.08. The van der Waals surface area contributed by atoms with Gasteiger partial charge in [0.2, 0.25) is 0 Å². The van der Waals surface area contributed by atoms with Gasteiger partial charge in [-0.2, -0.15) is 0 Å². The van der Waals surface area contributed by atoms with Crippen LogP contribution >= 0.6 is 11.6 Å². The number of para-hydroxylation sites is 1. The smallest absolute Gasteiger partial charge is 0.194 e. The van der Waals surface area contributed by atoms with E-state index >= 15 is 0 Å². The van der Waals surface area contributed by atoms with E-state index in [2.05, 4.69) is 32.8 Å². The van der Waals surface area contributed by atoms with Gasteiger partial charge in [-0.25, -0.2) is 4.99 Å². The second-order valence-electron chi connectivity index (χ2n) is 5.48. The van der Waals surface area contributed by atoms with Crippen LogP contribution in [0.25, 0.3) is 0 Å². The lowest BCUT2D eigenvalue weighted by atomic mass is 10.3. The lowest BCUT2D eigenvalue weighted by Gasteiger charge is -2.22. The number of aryl methyl sites for hydroxylation is 1. The van der Waals surface area contributed by atoms with Crippen LogP contribution in [0.15, 0.2) is 47.6 Å². The fraction of sp³-hybridized carbons (Fsp3) is 0.389. The summed E-state index contributed by atoms with van der Waals surface area (Å²) in [6.07, 6.45) is 2.05. The van der Waals surface area contributed by atoms with E-state index in [1.54, 1.807) is 0 Å². The molecule has 0 aliphatic carbocycles. The molecule has 0 saturated heterocycles. The summed E-state index contributed by atoms with van der Waals surface area (Å²) in [5, 5.41) is 3.93. The van der Waals surface area contributed by atoms with Crippen molar-refractivity contribution in [2.45, 2.75) is 13.5 Å². The summed E-state index contributed by atoms with van der Waals surface area (Å²) in [4.78, 5) is 6.73. The lowest BCUT2D eigenvalue weighted by Crippen LogP contribution is -2.39. The normalized spacial score (nSPS) is 11.4. The Bertz CT molecular complexity index is 669. The maximum atomic E-state index is 6.08. The average molecular weight is 349 g/mol. The highest BCUT2D eigenvalue weighted by molar-refractivity contribution is 6.32. The minimum atomic E-state index is 0.483. The molecule has 5 nitrogen and oxygen atoms in total. The average Bonchev–Trinajstić information content (AvgIpc) is 2.97. The first-order chi connectivity index (χ1) is 11.6. The number of nitrogens with one attached hydrogen (secondary N) is 1. The zero-order valence-corrected chi connectivity index (χ0v) is 15.3. The monoisotopic (exact) mass is 348 g/mol. The number of rotatable bonds is 7. The summed E-state index contributed by atoms with van der Waals surface area (Å²) in [6, 6.07) is 11.6. The number of ether oxygens (including phenoxy) is 1. The van der Waals surface area contributed by atoms with Crippen molar-refractivity contribution >= 4 is 17.6 Å². The van der Waals surface area contributed by atoms with E-state index in [1.165, 1.54) is 5.69 Å². The zero-order chi connectivity index (χ0) is 17.4. The molecule has 0 aliphatic rings. The molecule has 2 rings (SSSR count). The van der Waals surface area contributed by atoms with Gasteiger partial charge in [-0.3, -0.25) is 0 Å². The summed E-state index contributed by atoms with van der Waals surface area (Å²) in [5.74, 6) is 1.55. The van der Waals surface area contributed by atoms with E-state index in [4.69, 9.17) is 16.3 Å². The molecule has 0 amide bonds. The summed E-state index contributed by atoms with van der Waals surface area (Å²) in [5.41, 5.74) is 1.23. The Hall–Kier alpha value is -2.14. The van der Waals surface area contributed by atoms with Crippen molar-refractivity contribution in [2.75, 3.05) is 26.7 Å². The summed E-state index contributed by atoms with van der Waals surface area (Å²) in [6.45, 7) is 4.72. The van der Waals surface area contributed by atoms with Crippen LogP contribution in [0, 0.1) is 0 Å². The van der Waals surface area contributed by atoms with E-state index < -0.39 is 0 Å². The predicted octanol–water partition coefficient (Wildman–Crippen LogP) is 3.15. The van der Waals surface area contributed by atoms with Crippen molar-refractivity contribution in [3.63, 3.8) is 0 Å². The van der Waals surface area contributed by atoms with E-state index in [9.17, 15) is 0 Å². The van der Waals surface area contributed by atoms with Crippen LogP contribution < -0.4 is 10.1 Å². The van der Waals surface area contributed by atoms with E-state index in [0.717, 1.165) is 19.0 Å². The molecule has 1 aromatic carbocycles. The number of aliphatic imine (C=N–C) groups is 1. The third kappa shape index (κ3) is 5.20. The Morgan fingerprint density at radius 1 is 1.29 bits per heavy atom. The molecule has 1 aromatic heterocycles. The number of nitrogens with zero attached hydrogens (tertiary/aromatic N) is 3. The SMILES string of the molecule is CCNC(=NCCOc1ccccc1Cl)N(C)Cc1cccn1C. The molecule has 0 radical (unpaired) electrons. The molecule has 1 heterocycles. The van der Waals surface area contributed by atoms with Crippen molar-refractivity contribution < 1.29 is 4.74 Å². The van der Waals surface area contributed by atoms with Crippen LogP contribution in [-0.4, -0.2) is 42.2 Å². The number of halogens is 1. The third-order valence-electron chi connectivity index (χ3n) is 3.59. The van der Waals surface area contributed by atoms with Crippen molar-refractivity contribution in [1.29, 1.82) is 0 Å². The maximum Gasteiger partial charge on any atom is 0.194 e. The minimum Gasteiger partial charge on any atom is -0.490 e. The van der Waals surface area contributed by atoms with E-state index in [0.29, 0.717) is 23.9 Å². The van der Waals surface area contributed by atoms with E-state index in [-0.39, 0.29) is 0 Å². The lowest BCUT2D eigenvalue weighted by molar-refractivity contribution is 0.327. The standard InChI is InChI=1S/C18H25ClN4O/c1-4-20-18(23(3)14-15-8-7-12-22(15)2)21-11-13-24-17-10-6-5-9-16(17)19/h5-10,12H,4,11,13-14H2,1-3H3,(H,20,21). The number of guanidine groups is 1. The topological polar surface area (TPSA) is 41.8 Å². The molecule has 24 heavy (non-hydrogen) atoms. The van der Waals surface area contributed by atoms with Crippen LogP contribution in [0.3, 0.4) is 0 Å². The highest BCUT2D eigenvalue weighted by atomic mass is 35.5. The van der Waals surface area contributed by atoms with Crippen LogP contribution in [-0.2, 0) is 13.6 Å². The van der Waals surface area contributed by atoms with Gasteiger partial charge in [-0.15, -0.1) is 0 Å². The van der Waals surface area contributed by atoms with Crippen LogP contribution in [0.4, 0.5) is 0 Å². The van der Waals surface area contributed by atoms with Gasteiger partial charge in [-0.05, 0) is 31.2 Å². The second-order valence-corrected chi connectivity index (χ2v) is 5.89. The minimum absolute atomic E-state index is 0.483. The van der Waals surface area contributed by atoms with Gasteiger partial charge in [0.05, 0.1) is 18.1 Å². The largest absolute Gasteiger partial charge is 0.490 e. The highest BCUT2D eigenvalue weighted by Gasteiger charge is 2.08. The third-order valence-corrected chi connectivity index (χ3v) is 3.91. The number of benzene rings is 1. The van der Waals surface area contributed by atoms with E-state index in [1.807, 2.05) is 50.6 Å². The van der Waals surface area contributed by atoms with Crippen LogP contribution in [0.1, 0.15) is 12.6 Å². The predicted molar refractivity (Wildman–Crippen MR) is 99.8 cm³/mol. The summed E-state index contributed by atoms with van der Waals surface area (Å²) >= 11 is 6.08. The van der Waals surface area contributed by atoms with Crippen molar-refractivity contribution in [3.8, 4) is 5.75 Å². The quantitative estimate of drug-likeness (QED) is 0.475. The van der Waals surface area contributed by atoms with Gasteiger partial charge in [0.15, 0.2) is 5.96 Å². The van der Waals surface area contributed by atoms with Gasteiger partial charge in [0.1, 0.15) is 12.4 Å². The molecule has 1 N–H and O–H groups in total. The van der Waals surface area contributed by atoms with Crippen molar-refractivity contribution in [1.82, 2.24) is 14.8 Å². The molecule has 0 fully saturated rings. The molecule has 0 unspecified atom stereocenters. The Labute approximate surface area is 148 Å². The first-order valence-corrected chi connectivity index (χ1v) is 8.46. The molecule has 0 spiro atoms. The van der Waals surface area contributed by atoms with Gasteiger partial charge < -0.3 is 19.5 Å².